The van der Waals surface area contributed by atoms with Gasteiger partial charge in [0.1, 0.15) is 5.75 Å². The molecule has 2 aromatic rings. The average Bonchev–Trinajstić information content (AvgIpc) is 2.55. The van der Waals surface area contributed by atoms with Crippen LogP contribution in [0.1, 0.15) is 18.5 Å². The highest BCUT2D eigenvalue weighted by Gasteiger charge is 2.20. The number of carbonyl (C=O) groups is 1. The van der Waals surface area contributed by atoms with Crippen LogP contribution in [0.25, 0.3) is 11.1 Å². The Morgan fingerprint density at radius 2 is 1.54 bits per heavy atom. The molecule has 0 saturated heterocycles. The molecule has 0 fully saturated rings. The van der Waals surface area contributed by atoms with Crippen molar-refractivity contribution in [3.8, 4) is 11.1 Å². The van der Waals surface area contributed by atoms with E-state index in [4.69, 9.17) is 0 Å². The molecule has 128 valence electrons. The van der Waals surface area contributed by atoms with Gasteiger partial charge in [-0.05, 0) is 23.6 Å². The van der Waals surface area contributed by atoms with Gasteiger partial charge in [0.25, 0.3) is 0 Å². The van der Waals surface area contributed by atoms with E-state index in [9.17, 15) is 13.2 Å². The van der Waals surface area contributed by atoms with Crippen molar-refractivity contribution in [2.24, 2.45) is 0 Å². The lowest BCUT2D eigenvalue weighted by Crippen LogP contribution is -2.36. The monoisotopic (exact) mass is 346 g/mol. The van der Waals surface area contributed by atoms with Gasteiger partial charge in [-0.15, -0.1) is 0 Å². The standard InChI is InChI=1S/C18H22N2O3S/c1-14(19-18(21)13-24(22,23)20(2)3)15-9-11-17(12-10-15)16-7-5-4-6-8-16/h4-12,14H,13H2,1-3H3,(H,19,21). The van der Waals surface area contributed by atoms with Gasteiger partial charge in [0.15, 0.2) is 0 Å². The fraction of sp³-hybridized carbons (Fsp3) is 0.278. The molecule has 2 rings (SSSR count). The van der Waals surface area contributed by atoms with Gasteiger partial charge in [0.05, 0.1) is 6.04 Å². The van der Waals surface area contributed by atoms with Crippen molar-refractivity contribution in [3.05, 3.63) is 60.2 Å². The Labute approximate surface area is 143 Å². The molecule has 6 heteroatoms. The highest BCUT2D eigenvalue weighted by molar-refractivity contribution is 7.89. The zero-order valence-electron chi connectivity index (χ0n) is 14.1. The number of nitrogens with zero attached hydrogens (tertiary/aromatic N) is 1. The van der Waals surface area contributed by atoms with Gasteiger partial charge in [-0.2, -0.15) is 0 Å². The summed E-state index contributed by atoms with van der Waals surface area (Å²) in [5.41, 5.74) is 3.14. The van der Waals surface area contributed by atoms with Gasteiger partial charge in [0, 0.05) is 14.1 Å². The first-order valence-corrected chi connectivity index (χ1v) is 9.25. The molecule has 0 heterocycles. The zero-order valence-corrected chi connectivity index (χ0v) is 14.9. The van der Waals surface area contributed by atoms with Gasteiger partial charge in [-0.3, -0.25) is 4.79 Å². The van der Waals surface area contributed by atoms with Gasteiger partial charge in [-0.25, -0.2) is 12.7 Å². The predicted octanol–water partition coefficient (Wildman–Crippen LogP) is 2.42. The quantitative estimate of drug-likeness (QED) is 0.873. The van der Waals surface area contributed by atoms with E-state index in [1.165, 1.54) is 14.1 Å². The molecule has 0 radical (unpaired) electrons. The number of benzene rings is 2. The van der Waals surface area contributed by atoms with Crippen molar-refractivity contribution >= 4 is 15.9 Å². The van der Waals surface area contributed by atoms with E-state index < -0.39 is 21.7 Å². The minimum absolute atomic E-state index is 0.264. The molecule has 0 bridgehead atoms. The van der Waals surface area contributed by atoms with Crippen molar-refractivity contribution in [2.75, 3.05) is 19.8 Å². The molecule has 1 N–H and O–H groups in total. The molecule has 5 nitrogen and oxygen atoms in total. The summed E-state index contributed by atoms with van der Waals surface area (Å²) in [6.07, 6.45) is 0. The van der Waals surface area contributed by atoms with E-state index in [2.05, 4.69) is 5.32 Å². The molecule has 0 aromatic heterocycles. The summed E-state index contributed by atoms with van der Waals surface area (Å²) in [6, 6.07) is 17.6. The van der Waals surface area contributed by atoms with Crippen LogP contribution in [0.4, 0.5) is 0 Å². The summed E-state index contributed by atoms with van der Waals surface area (Å²) in [7, 11) is -0.725. The minimum atomic E-state index is -3.55. The van der Waals surface area contributed by atoms with Crippen molar-refractivity contribution in [3.63, 3.8) is 0 Å². The molecule has 0 aliphatic rings. The third-order valence-corrected chi connectivity index (χ3v) is 5.50. The molecule has 1 atom stereocenters. The molecular weight excluding hydrogens is 324 g/mol. The second-order valence-corrected chi connectivity index (χ2v) is 8.00. The lowest BCUT2D eigenvalue weighted by molar-refractivity contribution is -0.119. The summed E-state index contributed by atoms with van der Waals surface area (Å²) in [4.78, 5) is 11.9. The maximum absolute atomic E-state index is 11.9. The van der Waals surface area contributed by atoms with E-state index in [0.29, 0.717) is 0 Å². The number of carbonyl (C=O) groups excluding carboxylic acids is 1. The van der Waals surface area contributed by atoms with Crippen molar-refractivity contribution in [1.82, 2.24) is 9.62 Å². The average molecular weight is 346 g/mol. The van der Waals surface area contributed by atoms with Crippen LogP contribution < -0.4 is 5.32 Å². The van der Waals surface area contributed by atoms with Crippen LogP contribution >= 0.6 is 0 Å². The molecule has 0 aliphatic carbocycles. The first kappa shape index (κ1) is 18.2. The smallest absolute Gasteiger partial charge is 0.237 e. The highest BCUT2D eigenvalue weighted by atomic mass is 32.2. The lowest BCUT2D eigenvalue weighted by atomic mass is 10.0. The normalized spacial score (nSPS) is 12.8. The molecule has 0 aliphatic heterocycles. The lowest BCUT2D eigenvalue weighted by Gasteiger charge is -2.16. The largest absolute Gasteiger partial charge is 0.349 e. The zero-order chi connectivity index (χ0) is 17.7. The van der Waals surface area contributed by atoms with Crippen LogP contribution in [0.5, 0.6) is 0 Å². The summed E-state index contributed by atoms with van der Waals surface area (Å²) >= 11 is 0. The Morgan fingerprint density at radius 3 is 2.08 bits per heavy atom. The van der Waals surface area contributed by atoms with Crippen molar-refractivity contribution in [2.45, 2.75) is 13.0 Å². The molecule has 1 amide bonds. The fourth-order valence-electron chi connectivity index (χ4n) is 2.26. The van der Waals surface area contributed by atoms with Gasteiger partial charge in [0.2, 0.25) is 15.9 Å². The fourth-order valence-corrected chi connectivity index (χ4v) is 2.93. The van der Waals surface area contributed by atoms with Gasteiger partial charge < -0.3 is 5.32 Å². The molecule has 2 aromatic carbocycles. The molecule has 0 saturated carbocycles. The Hall–Kier alpha value is -2.18. The van der Waals surface area contributed by atoms with Gasteiger partial charge >= 0.3 is 0 Å². The Bertz CT molecular complexity index is 785. The molecule has 1 unspecified atom stereocenters. The number of rotatable bonds is 6. The van der Waals surface area contributed by atoms with E-state index in [0.717, 1.165) is 21.0 Å². The van der Waals surface area contributed by atoms with E-state index in [1.807, 2.05) is 61.5 Å². The summed E-state index contributed by atoms with van der Waals surface area (Å²) in [5.74, 6) is -1.06. The van der Waals surface area contributed by atoms with Crippen molar-refractivity contribution < 1.29 is 13.2 Å². The Morgan fingerprint density at radius 1 is 1.00 bits per heavy atom. The van der Waals surface area contributed by atoms with E-state index in [-0.39, 0.29) is 6.04 Å². The third kappa shape index (κ3) is 4.66. The SMILES string of the molecule is CC(NC(=O)CS(=O)(=O)N(C)C)c1ccc(-c2ccccc2)cc1. The second kappa shape index (κ2) is 7.59. The third-order valence-electron chi connectivity index (χ3n) is 3.77. The Kier molecular flexibility index (Phi) is 5.75. The van der Waals surface area contributed by atoms with Crippen molar-refractivity contribution in [1.29, 1.82) is 0 Å². The molecule has 24 heavy (non-hydrogen) atoms. The predicted molar refractivity (Wildman–Crippen MR) is 95.9 cm³/mol. The Balaban J connectivity index is 2.03. The summed E-state index contributed by atoms with van der Waals surface area (Å²) in [6.45, 7) is 1.83. The number of hydrogen-bond acceptors (Lipinski definition) is 3. The van der Waals surface area contributed by atoms with E-state index >= 15 is 0 Å². The summed E-state index contributed by atoms with van der Waals surface area (Å²) in [5, 5.41) is 2.72. The topological polar surface area (TPSA) is 66.5 Å². The molecule has 0 spiro atoms. The molecular formula is C18H22N2O3S. The van der Waals surface area contributed by atoms with Crippen LogP contribution in [-0.4, -0.2) is 38.5 Å². The van der Waals surface area contributed by atoms with Crippen LogP contribution in [0, 0.1) is 0 Å². The number of amides is 1. The first-order valence-electron chi connectivity index (χ1n) is 7.64. The first-order chi connectivity index (χ1) is 11.3. The van der Waals surface area contributed by atoms with E-state index in [1.54, 1.807) is 0 Å². The maximum Gasteiger partial charge on any atom is 0.237 e. The number of hydrogen-bond donors (Lipinski definition) is 1. The number of nitrogens with one attached hydrogen (secondary N) is 1. The minimum Gasteiger partial charge on any atom is -0.349 e. The summed E-state index contributed by atoms with van der Waals surface area (Å²) < 4.78 is 24.5. The maximum atomic E-state index is 11.9. The number of sulfonamides is 1. The van der Waals surface area contributed by atoms with Gasteiger partial charge in [-0.1, -0.05) is 54.6 Å². The van der Waals surface area contributed by atoms with Crippen LogP contribution in [0.3, 0.4) is 0 Å². The van der Waals surface area contributed by atoms with Crippen LogP contribution in [0.15, 0.2) is 54.6 Å². The second-order valence-electron chi connectivity index (χ2n) is 5.82. The van der Waals surface area contributed by atoms with Crippen LogP contribution in [0.2, 0.25) is 0 Å². The highest BCUT2D eigenvalue weighted by Crippen LogP contribution is 2.21. The van der Waals surface area contributed by atoms with Crippen LogP contribution in [-0.2, 0) is 14.8 Å².